The lowest BCUT2D eigenvalue weighted by Gasteiger charge is -2.14. The maximum Gasteiger partial charge on any atom is 0.0705 e. The fourth-order valence-corrected chi connectivity index (χ4v) is 2.87. The van der Waals surface area contributed by atoms with Crippen LogP contribution in [0.3, 0.4) is 0 Å². The molecule has 0 aliphatic carbocycles. The summed E-state index contributed by atoms with van der Waals surface area (Å²) in [6.07, 6.45) is 2.67. The van der Waals surface area contributed by atoms with Gasteiger partial charge in [-0.15, -0.1) is 0 Å². The largest absolute Gasteiger partial charge is 0.324 e. The highest BCUT2D eigenvalue weighted by Crippen LogP contribution is 2.21. The maximum absolute atomic E-state index is 6.39. The van der Waals surface area contributed by atoms with Crippen LogP contribution in [-0.4, -0.2) is 4.98 Å². The topological polar surface area (TPSA) is 38.9 Å². The molecule has 21 heavy (non-hydrogen) atoms. The molecule has 0 aliphatic rings. The van der Waals surface area contributed by atoms with Crippen LogP contribution in [0.15, 0.2) is 54.7 Å². The fourth-order valence-electron chi connectivity index (χ4n) is 2.87. The molecular formula is C19H20N2. The summed E-state index contributed by atoms with van der Waals surface area (Å²) in [7, 11) is 0. The summed E-state index contributed by atoms with van der Waals surface area (Å²) < 4.78 is 0. The van der Waals surface area contributed by atoms with Gasteiger partial charge in [0.1, 0.15) is 0 Å². The Morgan fingerprint density at radius 1 is 1.00 bits per heavy atom. The van der Waals surface area contributed by atoms with Gasteiger partial charge < -0.3 is 5.73 Å². The van der Waals surface area contributed by atoms with E-state index in [2.05, 4.69) is 61.3 Å². The van der Waals surface area contributed by atoms with Crippen LogP contribution in [0.2, 0.25) is 0 Å². The quantitative estimate of drug-likeness (QED) is 0.782. The second-order valence-corrected chi connectivity index (χ2v) is 5.76. The van der Waals surface area contributed by atoms with E-state index in [9.17, 15) is 0 Å². The Bertz CT molecular complexity index is 757. The Hall–Kier alpha value is -2.19. The summed E-state index contributed by atoms with van der Waals surface area (Å²) in [5.74, 6) is 0. The second-order valence-electron chi connectivity index (χ2n) is 5.76. The third-order valence-electron chi connectivity index (χ3n) is 3.80. The zero-order chi connectivity index (χ0) is 14.8. The van der Waals surface area contributed by atoms with Gasteiger partial charge in [0, 0.05) is 17.6 Å². The molecule has 1 atom stereocenters. The van der Waals surface area contributed by atoms with Gasteiger partial charge in [-0.3, -0.25) is 4.98 Å². The predicted molar refractivity (Wildman–Crippen MR) is 88.3 cm³/mol. The van der Waals surface area contributed by atoms with Gasteiger partial charge in [-0.1, -0.05) is 47.5 Å². The molecule has 0 saturated heterocycles. The summed E-state index contributed by atoms with van der Waals surface area (Å²) >= 11 is 0. The van der Waals surface area contributed by atoms with Crippen LogP contribution >= 0.6 is 0 Å². The number of nitrogens with zero attached hydrogens (tertiary/aromatic N) is 1. The molecule has 0 radical (unpaired) electrons. The van der Waals surface area contributed by atoms with Gasteiger partial charge in [0.25, 0.3) is 0 Å². The molecule has 0 fully saturated rings. The van der Waals surface area contributed by atoms with E-state index in [1.807, 2.05) is 12.3 Å². The first-order chi connectivity index (χ1) is 10.1. The zero-order valence-corrected chi connectivity index (χ0v) is 12.5. The van der Waals surface area contributed by atoms with Crippen LogP contribution in [0.1, 0.15) is 28.3 Å². The van der Waals surface area contributed by atoms with Gasteiger partial charge in [0.05, 0.1) is 5.52 Å². The van der Waals surface area contributed by atoms with Gasteiger partial charge in [0.2, 0.25) is 0 Å². The second kappa shape index (κ2) is 5.66. The number of aromatic nitrogens is 1. The number of hydrogen-bond acceptors (Lipinski definition) is 2. The molecular weight excluding hydrogens is 256 g/mol. The fraction of sp³-hybridized carbons (Fsp3) is 0.211. The lowest BCUT2D eigenvalue weighted by atomic mass is 9.96. The van der Waals surface area contributed by atoms with Crippen molar-refractivity contribution in [2.24, 2.45) is 5.73 Å². The number of hydrogen-bond donors (Lipinski definition) is 1. The number of benzene rings is 2. The average molecular weight is 276 g/mol. The van der Waals surface area contributed by atoms with Crippen molar-refractivity contribution < 1.29 is 0 Å². The Balaban J connectivity index is 1.87. The molecule has 106 valence electrons. The molecule has 0 spiro atoms. The van der Waals surface area contributed by atoms with E-state index in [0.29, 0.717) is 0 Å². The van der Waals surface area contributed by atoms with E-state index in [4.69, 9.17) is 5.73 Å². The van der Waals surface area contributed by atoms with Crippen LogP contribution < -0.4 is 5.73 Å². The summed E-state index contributed by atoms with van der Waals surface area (Å²) in [6, 6.07) is 16.9. The van der Waals surface area contributed by atoms with Crippen molar-refractivity contribution in [1.82, 2.24) is 4.98 Å². The molecule has 3 rings (SSSR count). The Kier molecular flexibility index (Phi) is 3.72. The minimum Gasteiger partial charge on any atom is -0.324 e. The molecule has 1 heterocycles. The van der Waals surface area contributed by atoms with Gasteiger partial charge in [-0.2, -0.15) is 0 Å². The highest BCUT2D eigenvalue weighted by Gasteiger charge is 2.09. The van der Waals surface area contributed by atoms with Crippen LogP contribution in [0.4, 0.5) is 0 Å². The SMILES string of the molecule is Cc1cc(C)cc(CC(N)c2ccc3cccnc3c2)c1. The molecule has 2 heteroatoms. The van der Waals surface area contributed by atoms with E-state index in [-0.39, 0.29) is 6.04 Å². The maximum atomic E-state index is 6.39. The summed E-state index contributed by atoms with van der Waals surface area (Å²) in [6.45, 7) is 4.25. The summed E-state index contributed by atoms with van der Waals surface area (Å²) in [4.78, 5) is 4.40. The first kappa shape index (κ1) is 13.8. The van der Waals surface area contributed by atoms with Crippen LogP contribution in [0.25, 0.3) is 10.9 Å². The minimum atomic E-state index is -0.00222. The smallest absolute Gasteiger partial charge is 0.0705 e. The predicted octanol–water partition coefficient (Wildman–Crippen LogP) is 4.09. The van der Waals surface area contributed by atoms with Gasteiger partial charge in [-0.25, -0.2) is 0 Å². The summed E-state index contributed by atoms with van der Waals surface area (Å²) in [5, 5.41) is 1.15. The van der Waals surface area contributed by atoms with Crippen molar-refractivity contribution >= 4 is 10.9 Å². The average Bonchev–Trinajstić information content (AvgIpc) is 2.45. The molecule has 2 aromatic carbocycles. The number of aryl methyl sites for hydroxylation is 2. The standard InChI is InChI=1S/C19H20N2/c1-13-8-14(2)10-15(9-13)11-18(20)17-6-5-16-4-3-7-21-19(16)12-17/h3-10,12,18H,11,20H2,1-2H3. The molecule has 0 bridgehead atoms. The first-order valence-corrected chi connectivity index (χ1v) is 7.29. The lowest BCUT2D eigenvalue weighted by Crippen LogP contribution is -2.13. The third kappa shape index (κ3) is 3.11. The Morgan fingerprint density at radius 3 is 2.52 bits per heavy atom. The Morgan fingerprint density at radius 2 is 1.76 bits per heavy atom. The number of fused-ring (bicyclic) bond motifs is 1. The molecule has 1 aromatic heterocycles. The van der Waals surface area contributed by atoms with Gasteiger partial charge in [0.15, 0.2) is 0 Å². The normalized spacial score (nSPS) is 12.5. The highest BCUT2D eigenvalue weighted by molar-refractivity contribution is 5.79. The number of rotatable bonds is 3. The van der Waals surface area contributed by atoms with Crippen LogP contribution in [0, 0.1) is 13.8 Å². The van der Waals surface area contributed by atoms with Crippen molar-refractivity contribution in [3.63, 3.8) is 0 Å². The monoisotopic (exact) mass is 276 g/mol. The Labute approximate surface area is 125 Å². The molecule has 0 aliphatic heterocycles. The van der Waals surface area contributed by atoms with Crippen molar-refractivity contribution in [3.8, 4) is 0 Å². The molecule has 1 unspecified atom stereocenters. The van der Waals surface area contributed by atoms with Gasteiger partial charge >= 0.3 is 0 Å². The van der Waals surface area contributed by atoms with E-state index in [1.165, 1.54) is 16.7 Å². The highest BCUT2D eigenvalue weighted by atomic mass is 14.7. The van der Waals surface area contributed by atoms with E-state index >= 15 is 0 Å². The van der Waals surface area contributed by atoms with E-state index < -0.39 is 0 Å². The molecule has 2 nitrogen and oxygen atoms in total. The van der Waals surface area contributed by atoms with Crippen molar-refractivity contribution in [2.75, 3.05) is 0 Å². The van der Waals surface area contributed by atoms with Gasteiger partial charge in [-0.05, 0) is 43.5 Å². The third-order valence-corrected chi connectivity index (χ3v) is 3.80. The molecule has 3 aromatic rings. The summed E-state index contributed by atoms with van der Waals surface area (Å²) in [5.41, 5.74) is 12.4. The van der Waals surface area contributed by atoms with Crippen LogP contribution in [0.5, 0.6) is 0 Å². The van der Waals surface area contributed by atoms with Crippen molar-refractivity contribution in [1.29, 1.82) is 0 Å². The zero-order valence-electron chi connectivity index (χ0n) is 12.5. The minimum absolute atomic E-state index is 0.00222. The van der Waals surface area contributed by atoms with Crippen molar-refractivity contribution in [3.05, 3.63) is 77.0 Å². The lowest BCUT2D eigenvalue weighted by molar-refractivity contribution is 0.722. The molecule has 0 saturated carbocycles. The number of nitrogens with two attached hydrogens (primary N) is 1. The first-order valence-electron chi connectivity index (χ1n) is 7.29. The van der Waals surface area contributed by atoms with Crippen molar-refractivity contribution in [2.45, 2.75) is 26.3 Å². The van der Waals surface area contributed by atoms with E-state index in [0.717, 1.165) is 22.9 Å². The number of pyridine rings is 1. The van der Waals surface area contributed by atoms with Crippen LogP contribution in [-0.2, 0) is 6.42 Å². The van der Waals surface area contributed by atoms with E-state index in [1.54, 1.807) is 0 Å². The molecule has 2 N–H and O–H groups in total. The molecule has 0 amide bonds.